The lowest BCUT2D eigenvalue weighted by molar-refractivity contribution is -0.136. The molecule has 1 aliphatic rings. The molecule has 0 bridgehead atoms. The SMILES string of the molecule is CC1=C(C)CN(C(=O)[C@@H](C)NC(=O)Cn2cnnn2)CC1. The normalized spacial score (nSPS) is 16.8. The number of nitrogens with one attached hydrogen (secondary N) is 1. The standard InChI is InChI=1S/C13H20N6O2/c1-9-4-5-18(6-10(9)2)13(21)11(3)15-12(20)7-19-8-14-16-17-19/h8,11H,4-7H2,1-3H3,(H,15,20)/t11-/m1/s1. The zero-order chi connectivity index (χ0) is 15.4. The highest BCUT2D eigenvalue weighted by Gasteiger charge is 2.24. The van der Waals surface area contributed by atoms with Crippen LogP contribution in [0.25, 0.3) is 0 Å². The summed E-state index contributed by atoms with van der Waals surface area (Å²) in [6.07, 6.45) is 2.25. The van der Waals surface area contributed by atoms with Crippen LogP contribution in [-0.2, 0) is 16.1 Å². The topological polar surface area (TPSA) is 93.0 Å². The van der Waals surface area contributed by atoms with Gasteiger partial charge in [-0.2, -0.15) is 0 Å². The fourth-order valence-corrected chi connectivity index (χ4v) is 2.23. The minimum Gasteiger partial charge on any atom is -0.343 e. The summed E-state index contributed by atoms with van der Waals surface area (Å²) in [4.78, 5) is 25.9. The Balaban J connectivity index is 1.86. The van der Waals surface area contributed by atoms with Gasteiger partial charge < -0.3 is 10.2 Å². The van der Waals surface area contributed by atoms with Gasteiger partial charge in [-0.3, -0.25) is 9.59 Å². The Morgan fingerprint density at radius 1 is 1.38 bits per heavy atom. The Morgan fingerprint density at radius 2 is 2.14 bits per heavy atom. The summed E-state index contributed by atoms with van der Waals surface area (Å²) in [5.41, 5.74) is 2.57. The molecule has 2 rings (SSSR count). The maximum atomic E-state index is 12.3. The lowest BCUT2D eigenvalue weighted by atomic mass is 10.0. The number of hydrogen-bond acceptors (Lipinski definition) is 5. The summed E-state index contributed by atoms with van der Waals surface area (Å²) in [7, 11) is 0. The molecule has 1 aromatic rings. The lowest BCUT2D eigenvalue weighted by Crippen LogP contribution is -2.49. The molecule has 0 saturated heterocycles. The molecular formula is C13H20N6O2. The van der Waals surface area contributed by atoms with E-state index in [2.05, 4.69) is 27.8 Å². The molecule has 0 unspecified atom stereocenters. The zero-order valence-corrected chi connectivity index (χ0v) is 12.5. The van der Waals surface area contributed by atoms with E-state index in [1.165, 1.54) is 22.2 Å². The number of hydrogen-bond donors (Lipinski definition) is 1. The summed E-state index contributed by atoms with van der Waals surface area (Å²) in [5.74, 6) is -0.351. The van der Waals surface area contributed by atoms with E-state index in [0.29, 0.717) is 13.1 Å². The molecule has 1 aromatic heterocycles. The molecule has 1 N–H and O–H groups in total. The Bertz CT molecular complexity index is 551. The first-order valence-electron chi connectivity index (χ1n) is 6.91. The molecule has 1 aliphatic heterocycles. The number of rotatable bonds is 4. The fraction of sp³-hybridized carbons (Fsp3) is 0.615. The third-order valence-corrected chi connectivity index (χ3v) is 3.67. The van der Waals surface area contributed by atoms with Gasteiger partial charge in [-0.15, -0.1) is 5.10 Å². The molecule has 8 heteroatoms. The molecule has 8 nitrogen and oxygen atoms in total. The molecule has 0 spiro atoms. The van der Waals surface area contributed by atoms with Crippen molar-refractivity contribution < 1.29 is 9.59 Å². The smallest absolute Gasteiger partial charge is 0.245 e. The van der Waals surface area contributed by atoms with Crippen molar-refractivity contribution >= 4 is 11.8 Å². The second-order valence-electron chi connectivity index (χ2n) is 5.37. The molecule has 0 aromatic carbocycles. The number of carbonyl (C=O) groups is 2. The Hall–Kier alpha value is -2.25. The minimum atomic E-state index is -0.555. The second kappa shape index (κ2) is 6.47. The van der Waals surface area contributed by atoms with Crippen LogP contribution in [0.2, 0.25) is 0 Å². The molecule has 0 saturated carbocycles. The van der Waals surface area contributed by atoms with Crippen molar-refractivity contribution in [3.8, 4) is 0 Å². The predicted octanol–water partition coefficient (Wildman–Crippen LogP) is -0.253. The monoisotopic (exact) mass is 292 g/mol. The molecule has 114 valence electrons. The van der Waals surface area contributed by atoms with Crippen molar-refractivity contribution in [3.05, 3.63) is 17.5 Å². The predicted molar refractivity (Wildman–Crippen MR) is 75.0 cm³/mol. The van der Waals surface area contributed by atoms with Gasteiger partial charge in [0.1, 0.15) is 18.9 Å². The van der Waals surface area contributed by atoms with E-state index in [4.69, 9.17) is 0 Å². The van der Waals surface area contributed by atoms with Crippen LogP contribution in [0.3, 0.4) is 0 Å². The number of tetrazole rings is 1. The Morgan fingerprint density at radius 3 is 2.76 bits per heavy atom. The quantitative estimate of drug-likeness (QED) is 0.772. The summed E-state index contributed by atoms with van der Waals surface area (Å²) < 4.78 is 1.31. The minimum absolute atomic E-state index is 0.00264. The van der Waals surface area contributed by atoms with Crippen LogP contribution >= 0.6 is 0 Å². The van der Waals surface area contributed by atoms with Gasteiger partial charge >= 0.3 is 0 Å². The summed E-state index contributed by atoms with van der Waals surface area (Å²) in [5, 5.41) is 13.2. The Labute approximate surface area is 123 Å². The first kappa shape index (κ1) is 15.1. The van der Waals surface area contributed by atoms with Gasteiger partial charge in [-0.25, -0.2) is 4.68 Å². The van der Waals surface area contributed by atoms with E-state index >= 15 is 0 Å². The maximum absolute atomic E-state index is 12.3. The van der Waals surface area contributed by atoms with Crippen molar-refractivity contribution in [2.75, 3.05) is 13.1 Å². The van der Waals surface area contributed by atoms with Gasteiger partial charge in [0.2, 0.25) is 11.8 Å². The van der Waals surface area contributed by atoms with E-state index in [9.17, 15) is 9.59 Å². The van der Waals surface area contributed by atoms with Crippen LogP contribution in [0.15, 0.2) is 17.5 Å². The van der Waals surface area contributed by atoms with Crippen molar-refractivity contribution in [1.82, 2.24) is 30.4 Å². The molecule has 21 heavy (non-hydrogen) atoms. The molecule has 0 radical (unpaired) electrons. The van der Waals surface area contributed by atoms with Crippen molar-refractivity contribution in [2.45, 2.75) is 39.8 Å². The number of amides is 2. The third-order valence-electron chi connectivity index (χ3n) is 3.67. The molecule has 0 aliphatic carbocycles. The van der Waals surface area contributed by atoms with Crippen molar-refractivity contribution in [1.29, 1.82) is 0 Å². The largest absolute Gasteiger partial charge is 0.343 e. The first-order valence-corrected chi connectivity index (χ1v) is 6.91. The van der Waals surface area contributed by atoms with Gasteiger partial charge in [0.15, 0.2) is 0 Å². The highest BCUT2D eigenvalue weighted by Crippen LogP contribution is 2.17. The zero-order valence-electron chi connectivity index (χ0n) is 12.5. The highest BCUT2D eigenvalue weighted by molar-refractivity contribution is 5.87. The van der Waals surface area contributed by atoms with Crippen LogP contribution in [0.5, 0.6) is 0 Å². The maximum Gasteiger partial charge on any atom is 0.245 e. The summed E-state index contributed by atoms with van der Waals surface area (Å²) in [6.45, 7) is 7.17. The van der Waals surface area contributed by atoms with E-state index in [-0.39, 0.29) is 18.4 Å². The van der Waals surface area contributed by atoms with E-state index in [1.807, 2.05) is 6.92 Å². The average Bonchev–Trinajstić information content (AvgIpc) is 2.93. The number of carbonyl (C=O) groups excluding carboxylic acids is 2. The van der Waals surface area contributed by atoms with Gasteiger partial charge in [0, 0.05) is 13.1 Å². The van der Waals surface area contributed by atoms with Crippen LogP contribution < -0.4 is 5.32 Å². The highest BCUT2D eigenvalue weighted by atomic mass is 16.2. The summed E-state index contributed by atoms with van der Waals surface area (Å²) >= 11 is 0. The first-order chi connectivity index (χ1) is 9.97. The molecule has 0 fully saturated rings. The average molecular weight is 292 g/mol. The Kier molecular flexibility index (Phi) is 4.66. The third kappa shape index (κ3) is 3.87. The number of aromatic nitrogens is 4. The number of nitrogens with zero attached hydrogens (tertiary/aromatic N) is 5. The fourth-order valence-electron chi connectivity index (χ4n) is 2.23. The summed E-state index contributed by atoms with van der Waals surface area (Å²) in [6, 6.07) is -0.555. The molecule has 2 amide bonds. The van der Waals surface area contributed by atoms with Crippen LogP contribution in [-0.4, -0.2) is 56.1 Å². The second-order valence-corrected chi connectivity index (χ2v) is 5.37. The van der Waals surface area contributed by atoms with E-state index in [1.54, 1.807) is 11.8 Å². The van der Waals surface area contributed by atoms with Crippen LogP contribution in [0.1, 0.15) is 27.2 Å². The van der Waals surface area contributed by atoms with Crippen molar-refractivity contribution in [3.63, 3.8) is 0 Å². The van der Waals surface area contributed by atoms with Gasteiger partial charge in [0.25, 0.3) is 0 Å². The molecule has 2 heterocycles. The molecule has 1 atom stereocenters. The molecular weight excluding hydrogens is 272 g/mol. The van der Waals surface area contributed by atoms with Crippen LogP contribution in [0, 0.1) is 0 Å². The van der Waals surface area contributed by atoms with E-state index in [0.717, 1.165) is 6.42 Å². The lowest BCUT2D eigenvalue weighted by Gasteiger charge is -2.31. The van der Waals surface area contributed by atoms with Gasteiger partial charge in [0.05, 0.1) is 0 Å². The van der Waals surface area contributed by atoms with E-state index < -0.39 is 6.04 Å². The van der Waals surface area contributed by atoms with Gasteiger partial charge in [-0.05, 0) is 37.6 Å². The van der Waals surface area contributed by atoms with Crippen LogP contribution in [0.4, 0.5) is 0 Å². The van der Waals surface area contributed by atoms with Crippen molar-refractivity contribution in [2.24, 2.45) is 0 Å². The van der Waals surface area contributed by atoms with Gasteiger partial charge in [-0.1, -0.05) is 11.1 Å².